The lowest BCUT2D eigenvalue weighted by Gasteiger charge is -2.13. The van der Waals surface area contributed by atoms with E-state index in [1.165, 1.54) is 0 Å². The first-order valence-corrected chi connectivity index (χ1v) is 9.02. The summed E-state index contributed by atoms with van der Waals surface area (Å²) in [6.07, 6.45) is 2.55. The minimum absolute atomic E-state index is 0.0212. The number of nitrogens with zero attached hydrogens (tertiary/aromatic N) is 2. The predicted molar refractivity (Wildman–Crippen MR) is 105 cm³/mol. The van der Waals surface area contributed by atoms with Crippen LogP contribution in [0.25, 0.3) is 10.9 Å². The molecular formula is C21H23N3O3. The van der Waals surface area contributed by atoms with Crippen LogP contribution in [0.15, 0.2) is 53.5 Å². The molecule has 140 valence electrons. The number of benzene rings is 1. The van der Waals surface area contributed by atoms with Gasteiger partial charge in [-0.15, -0.1) is 0 Å². The number of ether oxygens (including phenoxy) is 1. The Morgan fingerprint density at radius 1 is 1.22 bits per heavy atom. The van der Waals surface area contributed by atoms with Gasteiger partial charge in [-0.3, -0.25) is 14.6 Å². The smallest absolute Gasteiger partial charge is 0.258 e. The zero-order valence-electron chi connectivity index (χ0n) is 15.6. The molecule has 0 spiro atoms. The third kappa shape index (κ3) is 4.53. The Morgan fingerprint density at radius 3 is 2.81 bits per heavy atom. The maximum atomic E-state index is 12.3. The van der Waals surface area contributed by atoms with E-state index in [9.17, 15) is 9.59 Å². The first-order chi connectivity index (χ1) is 13.1. The number of aromatic nitrogens is 2. The summed E-state index contributed by atoms with van der Waals surface area (Å²) in [4.78, 5) is 28.5. The normalized spacial score (nSPS) is 10.7. The van der Waals surface area contributed by atoms with Gasteiger partial charge in [0.2, 0.25) is 0 Å². The van der Waals surface area contributed by atoms with Crippen molar-refractivity contribution in [3.63, 3.8) is 0 Å². The zero-order chi connectivity index (χ0) is 19.2. The summed E-state index contributed by atoms with van der Waals surface area (Å²) < 4.78 is 7.38. The lowest BCUT2D eigenvalue weighted by molar-refractivity contribution is -0.123. The Morgan fingerprint density at radius 2 is 2.07 bits per heavy atom. The van der Waals surface area contributed by atoms with E-state index in [1.54, 1.807) is 16.8 Å². The molecule has 27 heavy (non-hydrogen) atoms. The molecule has 2 heterocycles. The van der Waals surface area contributed by atoms with Crippen molar-refractivity contribution in [1.82, 2.24) is 14.9 Å². The standard InChI is InChI=1S/C21H23N3O3/c1-3-10-24-19-12-17(7-8-18(19)15(2)11-21(24)26)27-14-20(25)23-13-16-6-4-5-9-22-16/h4-9,11-12H,3,10,13-14H2,1-2H3,(H,23,25). The van der Waals surface area contributed by atoms with Crippen molar-refractivity contribution in [3.8, 4) is 5.75 Å². The molecule has 0 aliphatic carbocycles. The topological polar surface area (TPSA) is 73.2 Å². The molecule has 0 saturated heterocycles. The largest absolute Gasteiger partial charge is 0.484 e. The molecule has 1 aromatic carbocycles. The van der Waals surface area contributed by atoms with Crippen LogP contribution in [0, 0.1) is 6.92 Å². The maximum Gasteiger partial charge on any atom is 0.258 e. The van der Waals surface area contributed by atoms with E-state index in [4.69, 9.17) is 4.74 Å². The molecule has 0 radical (unpaired) electrons. The fourth-order valence-corrected chi connectivity index (χ4v) is 2.96. The Labute approximate surface area is 157 Å². The van der Waals surface area contributed by atoms with Gasteiger partial charge in [0.15, 0.2) is 6.61 Å². The van der Waals surface area contributed by atoms with Crippen molar-refractivity contribution in [2.75, 3.05) is 6.61 Å². The van der Waals surface area contributed by atoms with Gasteiger partial charge in [-0.25, -0.2) is 0 Å². The summed E-state index contributed by atoms with van der Waals surface area (Å²) in [6, 6.07) is 12.8. The third-order valence-electron chi connectivity index (χ3n) is 4.30. The lowest BCUT2D eigenvalue weighted by atomic mass is 10.1. The maximum absolute atomic E-state index is 12.3. The third-order valence-corrected chi connectivity index (χ3v) is 4.30. The SMILES string of the molecule is CCCn1c(=O)cc(C)c2ccc(OCC(=O)NCc3ccccn3)cc21. The Balaban J connectivity index is 1.70. The first kappa shape index (κ1) is 18.6. The fourth-order valence-electron chi connectivity index (χ4n) is 2.96. The zero-order valence-corrected chi connectivity index (χ0v) is 15.6. The van der Waals surface area contributed by atoms with Gasteiger partial charge in [0.05, 0.1) is 17.8 Å². The van der Waals surface area contributed by atoms with E-state index in [-0.39, 0.29) is 18.1 Å². The molecule has 0 unspecified atom stereocenters. The lowest BCUT2D eigenvalue weighted by Crippen LogP contribution is -2.28. The minimum Gasteiger partial charge on any atom is -0.484 e. The molecule has 6 nitrogen and oxygen atoms in total. The predicted octanol–water partition coefficient (Wildman–Crippen LogP) is 2.81. The number of carbonyl (C=O) groups excluding carboxylic acids is 1. The van der Waals surface area contributed by atoms with Gasteiger partial charge in [-0.1, -0.05) is 13.0 Å². The Hall–Kier alpha value is -3.15. The van der Waals surface area contributed by atoms with Crippen molar-refractivity contribution in [1.29, 1.82) is 0 Å². The molecule has 0 aliphatic heterocycles. The van der Waals surface area contributed by atoms with Crippen LogP contribution >= 0.6 is 0 Å². The molecule has 0 atom stereocenters. The molecule has 0 bridgehead atoms. The molecule has 1 N–H and O–H groups in total. The molecule has 2 aromatic heterocycles. The van der Waals surface area contributed by atoms with E-state index in [0.717, 1.165) is 28.6 Å². The first-order valence-electron chi connectivity index (χ1n) is 9.02. The summed E-state index contributed by atoms with van der Waals surface area (Å²) in [7, 11) is 0. The van der Waals surface area contributed by atoms with Crippen molar-refractivity contribution in [3.05, 3.63) is 70.3 Å². The second kappa shape index (κ2) is 8.49. The van der Waals surface area contributed by atoms with E-state index in [2.05, 4.69) is 10.3 Å². The summed E-state index contributed by atoms with van der Waals surface area (Å²) in [6.45, 7) is 4.86. The monoisotopic (exact) mass is 365 g/mol. The van der Waals surface area contributed by atoms with Gasteiger partial charge in [-0.2, -0.15) is 0 Å². The highest BCUT2D eigenvalue weighted by molar-refractivity contribution is 5.84. The average molecular weight is 365 g/mol. The Bertz CT molecular complexity index is 997. The minimum atomic E-state index is -0.226. The molecule has 0 saturated carbocycles. The number of pyridine rings is 2. The number of carbonyl (C=O) groups is 1. The van der Waals surface area contributed by atoms with Crippen molar-refractivity contribution in [2.45, 2.75) is 33.4 Å². The molecule has 0 fully saturated rings. The van der Waals surface area contributed by atoms with Crippen LogP contribution in [-0.4, -0.2) is 22.1 Å². The number of fused-ring (bicyclic) bond motifs is 1. The number of hydrogen-bond acceptors (Lipinski definition) is 4. The van der Waals surface area contributed by atoms with Crippen molar-refractivity contribution < 1.29 is 9.53 Å². The molecule has 3 aromatic rings. The number of rotatable bonds is 7. The van der Waals surface area contributed by atoms with Crippen LogP contribution in [0.4, 0.5) is 0 Å². The van der Waals surface area contributed by atoms with Crippen molar-refractivity contribution >= 4 is 16.8 Å². The second-order valence-electron chi connectivity index (χ2n) is 6.38. The van der Waals surface area contributed by atoms with Gasteiger partial charge in [0.25, 0.3) is 11.5 Å². The molecular weight excluding hydrogens is 342 g/mol. The summed E-state index contributed by atoms with van der Waals surface area (Å²) >= 11 is 0. The van der Waals surface area contributed by atoms with Gasteiger partial charge in [-0.05, 0) is 43.2 Å². The van der Waals surface area contributed by atoms with Crippen LogP contribution in [0.5, 0.6) is 5.75 Å². The van der Waals surface area contributed by atoms with Gasteiger partial charge in [0.1, 0.15) is 5.75 Å². The van der Waals surface area contributed by atoms with Gasteiger partial charge >= 0.3 is 0 Å². The number of amides is 1. The summed E-state index contributed by atoms with van der Waals surface area (Å²) in [5.41, 5.74) is 2.53. The summed E-state index contributed by atoms with van der Waals surface area (Å²) in [5, 5.41) is 3.78. The number of nitrogens with one attached hydrogen (secondary N) is 1. The number of aryl methyl sites for hydroxylation is 2. The highest BCUT2D eigenvalue weighted by Crippen LogP contribution is 2.22. The van der Waals surface area contributed by atoms with Gasteiger partial charge in [0, 0.05) is 30.3 Å². The molecule has 0 aliphatic rings. The van der Waals surface area contributed by atoms with Crippen LogP contribution in [-0.2, 0) is 17.9 Å². The van der Waals surface area contributed by atoms with Crippen LogP contribution in [0.1, 0.15) is 24.6 Å². The van der Waals surface area contributed by atoms with E-state index in [0.29, 0.717) is 18.8 Å². The highest BCUT2D eigenvalue weighted by atomic mass is 16.5. The van der Waals surface area contributed by atoms with Crippen LogP contribution in [0.3, 0.4) is 0 Å². The summed E-state index contributed by atoms with van der Waals surface area (Å²) in [5.74, 6) is 0.335. The van der Waals surface area contributed by atoms with E-state index < -0.39 is 0 Å². The number of hydrogen-bond donors (Lipinski definition) is 1. The highest BCUT2D eigenvalue weighted by Gasteiger charge is 2.09. The van der Waals surface area contributed by atoms with E-state index in [1.807, 2.05) is 50.2 Å². The van der Waals surface area contributed by atoms with Crippen molar-refractivity contribution in [2.24, 2.45) is 0 Å². The van der Waals surface area contributed by atoms with Crippen LogP contribution < -0.4 is 15.6 Å². The Kier molecular flexibility index (Phi) is 5.86. The molecule has 1 amide bonds. The van der Waals surface area contributed by atoms with Crippen LogP contribution in [0.2, 0.25) is 0 Å². The molecule has 6 heteroatoms. The molecule has 3 rings (SSSR count). The fraction of sp³-hybridized carbons (Fsp3) is 0.286. The quantitative estimate of drug-likeness (QED) is 0.699. The average Bonchev–Trinajstić information content (AvgIpc) is 2.68. The second-order valence-corrected chi connectivity index (χ2v) is 6.38. The van der Waals surface area contributed by atoms with E-state index >= 15 is 0 Å². The van der Waals surface area contributed by atoms with Gasteiger partial charge < -0.3 is 14.6 Å².